The average molecular weight is 261 g/mol. The van der Waals surface area contributed by atoms with Gasteiger partial charge in [0.25, 0.3) is 0 Å². The Hall–Kier alpha value is 0.220. The van der Waals surface area contributed by atoms with Crippen LogP contribution in [0.25, 0.3) is 0 Å². The minimum Gasteiger partial charge on any atom is -0.374 e. The van der Waals surface area contributed by atoms with Crippen LogP contribution < -0.4 is 5.32 Å². The Bertz CT molecular complexity index is 281. The lowest BCUT2D eigenvalue weighted by Gasteiger charge is -2.31. The van der Waals surface area contributed by atoms with Crippen LogP contribution in [0.15, 0.2) is 0 Å². The Morgan fingerprint density at radius 2 is 1.73 bits per heavy atom. The molecule has 8 nitrogen and oxygen atoms in total. The molecule has 10 heteroatoms. The zero-order chi connectivity index (χ0) is 11.7. The standard InChI is InChI=1S/C5H13NO7P2/c7-14(8,9)5(15(10,11)12)4-3-6-1-2-13-4/h4-6H,1-3H2,(H2,7,8,9)(H2,10,11,12). The van der Waals surface area contributed by atoms with Crippen molar-refractivity contribution in [2.75, 3.05) is 19.7 Å². The summed E-state index contributed by atoms with van der Waals surface area (Å²) >= 11 is 0. The molecule has 0 spiro atoms. The average Bonchev–Trinajstić information content (AvgIpc) is 2.00. The number of ether oxygens (including phenoxy) is 1. The van der Waals surface area contributed by atoms with Gasteiger partial charge in [0.1, 0.15) is 0 Å². The van der Waals surface area contributed by atoms with Gasteiger partial charge >= 0.3 is 15.2 Å². The Labute approximate surface area is 86.0 Å². The maximum Gasteiger partial charge on any atom is 0.343 e. The number of hydrogen-bond acceptors (Lipinski definition) is 4. The Morgan fingerprint density at radius 1 is 1.20 bits per heavy atom. The highest BCUT2D eigenvalue weighted by atomic mass is 31.2. The van der Waals surface area contributed by atoms with Gasteiger partial charge in [0, 0.05) is 13.1 Å². The molecule has 0 aromatic carbocycles. The number of morpholine rings is 1. The number of hydrogen-bond donors (Lipinski definition) is 5. The summed E-state index contributed by atoms with van der Waals surface area (Å²) in [6.45, 7) is 0.674. The van der Waals surface area contributed by atoms with E-state index in [1.54, 1.807) is 0 Å². The second-order valence-electron chi connectivity index (χ2n) is 3.21. The molecule has 1 aliphatic heterocycles. The highest BCUT2D eigenvalue weighted by Crippen LogP contribution is 2.61. The molecular formula is C5H13NO7P2. The molecule has 0 saturated carbocycles. The Morgan fingerprint density at radius 3 is 2.07 bits per heavy atom. The first kappa shape index (κ1) is 13.3. The minimum atomic E-state index is -4.89. The van der Waals surface area contributed by atoms with Crippen LogP contribution in [0.3, 0.4) is 0 Å². The van der Waals surface area contributed by atoms with Crippen molar-refractivity contribution < 1.29 is 33.4 Å². The van der Waals surface area contributed by atoms with Crippen LogP contribution in [0.2, 0.25) is 0 Å². The predicted octanol–water partition coefficient (Wildman–Crippen LogP) is -1.34. The van der Waals surface area contributed by atoms with E-state index in [9.17, 15) is 9.13 Å². The van der Waals surface area contributed by atoms with Crippen LogP contribution in [0.4, 0.5) is 0 Å². The van der Waals surface area contributed by atoms with Crippen LogP contribution in [0.5, 0.6) is 0 Å². The Balaban J connectivity index is 2.91. The van der Waals surface area contributed by atoms with Crippen molar-refractivity contribution in [3.05, 3.63) is 0 Å². The van der Waals surface area contributed by atoms with Crippen LogP contribution in [0.1, 0.15) is 0 Å². The summed E-state index contributed by atoms with van der Waals surface area (Å²) in [4.78, 5) is 35.5. The first-order chi connectivity index (χ1) is 6.73. The molecule has 0 amide bonds. The van der Waals surface area contributed by atoms with Crippen molar-refractivity contribution >= 4 is 15.2 Å². The third kappa shape index (κ3) is 3.62. The van der Waals surface area contributed by atoms with Gasteiger partial charge in [-0.2, -0.15) is 0 Å². The van der Waals surface area contributed by atoms with E-state index < -0.39 is 26.7 Å². The normalized spacial score (nSPS) is 24.5. The Kier molecular flexibility index (Phi) is 4.08. The lowest BCUT2D eigenvalue weighted by atomic mass is 10.3. The molecule has 0 radical (unpaired) electrons. The van der Waals surface area contributed by atoms with Gasteiger partial charge in [-0.15, -0.1) is 0 Å². The van der Waals surface area contributed by atoms with E-state index in [0.717, 1.165) is 0 Å². The van der Waals surface area contributed by atoms with Gasteiger partial charge in [-0.3, -0.25) is 9.13 Å². The molecule has 0 aromatic rings. The first-order valence-corrected chi connectivity index (χ1v) is 7.52. The zero-order valence-corrected chi connectivity index (χ0v) is 9.47. The van der Waals surface area contributed by atoms with Crippen LogP contribution in [0, 0.1) is 0 Å². The molecule has 1 heterocycles. The van der Waals surface area contributed by atoms with Gasteiger partial charge in [-0.1, -0.05) is 0 Å². The predicted molar refractivity (Wildman–Crippen MR) is 50.5 cm³/mol. The van der Waals surface area contributed by atoms with E-state index in [1.807, 2.05) is 0 Å². The maximum absolute atomic E-state index is 11.0. The lowest BCUT2D eigenvalue weighted by molar-refractivity contribution is 0.0302. The molecule has 1 rings (SSSR count). The number of nitrogens with one attached hydrogen (secondary N) is 1. The van der Waals surface area contributed by atoms with Crippen molar-refractivity contribution in [2.24, 2.45) is 0 Å². The minimum absolute atomic E-state index is 0.0148. The van der Waals surface area contributed by atoms with Gasteiger partial charge in [0.2, 0.25) is 0 Å². The highest BCUT2D eigenvalue weighted by molar-refractivity contribution is 7.71. The van der Waals surface area contributed by atoms with Gasteiger partial charge in [0.15, 0.2) is 5.40 Å². The quantitative estimate of drug-likeness (QED) is 0.393. The molecule has 0 bridgehead atoms. The molecule has 1 fully saturated rings. The second-order valence-corrected chi connectivity index (χ2v) is 7.08. The van der Waals surface area contributed by atoms with Crippen molar-refractivity contribution in [3.8, 4) is 0 Å². The lowest BCUT2D eigenvalue weighted by Crippen LogP contribution is -2.44. The van der Waals surface area contributed by atoms with E-state index in [0.29, 0.717) is 6.54 Å². The molecule has 1 saturated heterocycles. The van der Waals surface area contributed by atoms with Gasteiger partial charge in [-0.05, 0) is 0 Å². The molecule has 1 atom stereocenters. The van der Waals surface area contributed by atoms with E-state index in [4.69, 9.17) is 24.3 Å². The van der Waals surface area contributed by atoms with Crippen LogP contribution >= 0.6 is 15.2 Å². The maximum atomic E-state index is 11.0. The van der Waals surface area contributed by atoms with Crippen LogP contribution in [-0.4, -0.2) is 50.8 Å². The fraction of sp³-hybridized carbons (Fsp3) is 1.00. The summed E-state index contributed by atoms with van der Waals surface area (Å²) in [5.74, 6) is 0. The molecule has 90 valence electrons. The summed E-state index contributed by atoms with van der Waals surface area (Å²) in [5, 5.41) is 0.662. The van der Waals surface area contributed by atoms with Crippen LogP contribution in [-0.2, 0) is 13.9 Å². The monoisotopic (exact) mass is 261 g/mol. The van der Waals surface area contributed by atoms with Gasteiger partial charge in [-0.25, -0.2) is 0 Å². The summed E-state index contributed by atoms with van der Waals surface area (Å²) in [7, 11) is -9.79. The molecule has 0 aromatic heterocycles. The van der Waals surface area contributed by atoms with E-state index in [1.165, 1.54) is 0 Å². The largest absolute Gasteiger partial charge is 0.374 e. The summed E-state index contributed by atoms with van der Waals surface area (Å²) in [5.41, 5.74) is 0. The third-order valence-electron chi connectivity index (χ3n) is 1.98. The second kappa shape index (κ2) is 4.61. The first-order valence-electron chi connectivity index (χ1n) is 4.15. The topological polar surface area (TPSA) is 136 Å². The molecule has 1 unspecified atom stereocenters. The van der Waals surface area contributed by atoms with Crippen molar-refractivity contribution in [1.82, 2.24) is 5.32 Å². The molecule has 5 N–H and O–H groups in total. The smallest absolute Gasteiger partial charge is 0.343 e. The zero-order valence-electron chi connectivity index (χ0n) is 7.68. The third-order valence-corrected chi connectivity index (χ3v) is 5.83. The number of rotatable bonds is 3. The van der Waals surface area contributed by atoms with E-state index in [-0.39, 0.29) is 13.2 Å². The summed E-state index contributed by atoms with van der Waals surface area (Å²) < 4.78 is 26.9. The SMILES string of the molecule is O=P(O)(O)C(C1CNCCO1)P(=O)(O)O. The van der Waals surface area contributed by atoms with Crippen molar-refractivity contribution in [1.29, 1.82) is 0 Å². The van der Waals surface area contributed by atoms with Crippen molar-refractivity contribution in [3.63, 3.8) is 0 Å². The summed E-state index contributed by atoms with van der Waals surface area (Å²) in [6, 6.07) is 0. The molecule has 15 heavy (non-hydrogen) atoms. The van der Waals surface area contributed by atoms with Crippen molar-refractivity contribution in [2.45, 2.75) is 11.5 Å². The molecule has 0 aliphatic carbocycles. The highest BCUT2D eigenvalue weighted by Gasteiger charge is 2.49. The molecule has 1 aliphatic rings. The fourth-order valence-electron chi connectivity index (χ4n) is 1.41. The van der Waals surface area contributed by atoms with Gasteiger partial charge < -0.3 is 29.6 Å². The van der Waals surface area contributed by atoms with E-state index >= 15 is 0 Å². The molecular weight excluding hydrogens is 248 g/mol. The van der Waals surface area contributed by atoms with Gasteiger partial charge in [0.05, 0.1) is 12.7 Å². The fourth-order valence-corrected chi connectivity index (χ4v) is 4.22. The summed E-state index contributed by atoms with van der Waals surface area (Å²) in [6.07, 6.45) is -1.17. The van der Waals surface area contributed by atoms with E-state index in [2.05, 4.69) is 5.32 Å².